The molecular weight excluding hydrogens is 296 g/mol. The van der Waals surface area contributed by atoms with Gasteiger partial charge in [-0.15, -0.1) is 0 Å². The van der Waals surface area contributed by atoms with E-state index in [0.717, 1.165) is 0 Å². The van der Waals surface area contributed by atoms with Gasteiger partial charge in [-0.3, -0.25) is 10.1 Å². The molecule has 3 N–H and O–H groups in total. The highest BCUT2D eigenvalue weighted by molar-refractivity contribution is 7.89. The minimum Gasteiger partial charge on any atom is -0.465 e. The standard InChI is InChI=1S/C12H14N4O4S/c1-6-4-8(12(17)20-3)5-9(14-6)10-7(2)15-16-11(10)21(13,18)19/h4-5H,1-3H3,(H,15,16)(H2,13,18,19). The third kappa shape index (κ3) is 2.93. The summed E-state index contributed by atoms with van der Waals surface area (Å²) in [4.78, 5) is 15.9. The second-order valence-corrected chi connectivity index (χ2v) is 5.93. The number of pyridine rings is 1. The molecule has 0 bridgehead atoms. The van der Waals surface area contributed by atoms with Crippen LogP contribution in [0.1, 0.15) is 21.7 Å². The number of aromatic nitrogens is 3. The van der Waals surface area contributed by atoms with Crippen molar-refractivity contribution in [3.63, 3.8) is 0 Å². The topological polar surface area (TPSA) is 128 Å². The van der Waals surface area contributed by atoms with Crippen LogP contribution in [-0.2, 0) is 14.8 Å². The number of ether oxygens (including phenoxy) is 1. The number of aryl methyl sites for hydroxylation is 2. The summed E-state index contributed by atoms with van der Waals surface area (Å²) in [7, 11) is -2.73. The average Bonchev–Trinajstić information content (AvgIpc) is 2.79. The number of carbonyl (C=O) groups excluding carboxylic acids is 1. The number of methoxy groups -OCH3 is 1. The summed E-state index contributed by atoms with van der Waals surface area (Å²) in [6.07, 6.45) is 0. The predicted octanol–water partition coefficient (Wildman–Crippen LogP) is 0.523. The van der Waals surface area contributed by atoms with E-state index in [1.54, 1.807) is 19.9 Å². The normalized spacial score (nSPS) is 11.4. The maximum atomic E-state index is 11.6. The summed E-state index contributed by atoms with van der Waals surface area (Å²) in [6.45, 7) is 3.30. The number of nitrogens with one attached hydrogen (secondary N) is 1. The van der Waals surface area contributed by atoms with Gasteiger partial charge in [0.05, 0.1) is 29.6 Å². The molecule has 0 saturated carbocycles. The minimum absolute atomic E-state index is 0.242. The van der Waals surface area contributed by atoms with Crippen LogP contribution in [-0.4, -0.2) is 36.7 Å². The highest BCUT2D eigenvalue weighted by Crippen LogP contribution is 2.27. The Hall–Kier alpha value is -2.26. The monoisotopic (exact) mass is 310 g/mol. The molecule has 21 heavy (non-hydrogen) atoms. The molecule has 0 unspecified atom stereocenters. The summed E-state index contributed by atoms with van der Waals surface area (Å²) < 4.78 is 27.8. The number of H-pyrrole nitrogens is 1. The number of aromatic amines is 1. The molecule has 0 amide bonds. The third-order valence-electron chi connectivity index (χ3n) is 2.83. The van der Waals surface area contributed by atoms with E-state index in [-0.39, 0.29) is 21.8 Å². The highest BCUT2D eigenvalue weighted by Gasteiger charge is 2.23. The fourth-order valence-corrected chi connectivity index (χ4v) is 2.66. The summed E-state index contributed by atoms with van der Waals surface area (Å²) in [5.41, 5.74) is 1.74. The minimum atomic E-state index is -3.99. The summed E-state index contributed by atoms with van der Waals surface area (Å²) >= 11 is 0. The molecule has 2 aromatic heterocycles. The molecular formula is C12H14N4O4S. The van der Waals surface area contributed by atoms with Gasteiger partial charge in [0.25, 0.3) is 10.0 Å². The highest BCUT2D eigenvalue weighted by atomic mass is 32.2. The van der Waals surface area contributed by atoms with E-state index >= 15 is 0 Å². The molecule has 2 heterocycles. The van der Waals surface area contributed by atoms with Gasteiger partial charge in [-0.1, -0.05) is 0 Å². The summed E-state index contributed by atoms with van der Waals surface area (Å²) in [5.74, 6) is -0.542. The molecule has 0 spiro atoms. The van der Waals surface area contributed by atoms with Gasteiger partial charge in [-0.25, -0.2) is 18.4 Å². The molecule has 9 heteroatoms. The van der Waals surface area contributed by atoms with E-state index in [1.807, 2.05) is 0 Å². The van der Waals surface area contributed by atoms with E-state index in [1.165, 1.54) is 13.2 Å². The van der Waals surface area contributed by atoms with Crippen molar-refractivity contribution in [1.29, 1.82) is 0 Å². The van der Waals surface area contributed by atoms with Crippen LogP contribution < -0.4 is 5.14 Å². The average molecular weight is 310 g/mol. The summed E-state index contributed by atoms with van der Waals surface area (Å²) in [5, 5.41) is 11.1. The van der Waals surface area contributed by atoms with Gasteiger partial charge in [0, 0.05) is 5.69 Å². The van der Waals surface area contributed by atoms with Gasteiger partial charge in [-0.05, 0) is 26.0 Å². The summed E-state index contributed by atoms with van der Waals surface area (Å²) in [6, 6.07) is 2.98. The largest absolute Gasteiger partial charge is 0.465 e. The van der Waals surface area contributed by atoms with Crippen molar-refractivity contribution in [3.8, 4) is 11.3 Å². The van der Waals surface area contributed by atoms with Crippen molar-refractivity contribution in [3.05, 3.63) is 29.1 Å². The second-order valence-electron chi connectivity index (χ2n) is 4.43. The molecule has 0 fully saturated rings. The number of hydrogen-bond acceptors (Lipinski definition) is 6. The number of nitrogens with two attached hydrogens (primary N) is 1. The number of rotatable bonds is 3. The maximum Gasteiger partial charge on any atom is 0.337 e. The lowest BCUT2D eigenvalue weighted by Crippen LogP contribution is -2.14. The molecule has 0 radical (unpaired) electrons. The fourth-order valence-electron chi connectivity index (χ4n) is 1.95. The Labute approximate surface area is 121 Å². The molecule has 0 atom stereocenters. The molecule has 0 saturated heterocycles. The van der Waals surface area contributed by atoms with Crippen LogP contribution in [0.15, 0.2) is 17.2 Å². The van der Waals surface area contributed by atoms with E-state index < -0.39 is 16.0 Å². The fraction of sp³-hybridized carbons (Fsp3) is 0.250. The van der Waals surface area contributed by atoms with Crippen LogP contribution in [0, 0.1) is 13.8 Å². The molecule has 2 rings (SSSR count). The van der Waals surface area contributed by atoms with Gasteiger partial charge < -0.3 is 4.74 Å². The SMILES string of the molecule is COC(=O)c1cc(C)nc(-c2c(C)n[nH]c2S(N)(=O)=O)c1. The Balaban J connectivity index is 2.71. The van der Waals surface area contributed by atoms with E-state index in [9.17, 15) is 13.2 Å². The predicted molar refractivity (Wildman–Crippen MR) is 74.0 cm³/mol. The van der Waals surface area contributed by atoms with Crippen LogP contribution in [0.4, 0.5) is 0 Å². The van der Waals surface area contributed by atoms with Crippen LogP contribution >= 0.6 is 0 Å². The van der Waals surface area contributed by atoms with Crippen LogP contribution in [0.2, 0.25) is 0 Å². The lowest BCUT2D eigenvalue weighted by atomic mass is 10.1. The lowest BCUT2D eigenvalue weighted by molar-refractivity contribution is 0.0600. The molecule has 112 valence electrons. The number of primary sulfonamides is 1. The van der Waals surface area contributed by atoms with E-state index in [4.69, 9.17) is 5.14 Å². The number of sulfonamides is 1. The number of nitrogens with zero attached hydrogens (tertiary/aromatic N) is 2. The zero-order valence-corrected chi connectivity index (χ0v) is 12.5. The second kappa shape index (κ2) is 5.26. The Morgan fingerprint density at radius 2 is 2.00 bits per heavy atom. The van der Waals surface area contributed by atoms with E-state index in [0.29, 0.717) is 11.4 Å². The Morgan fingerprint density at radius 3 is 2.57 bits per heavy atom. The van der Waals surface area contributed by atoms with Crippen LogP contribution in [0.3, 0.4) is 0 Å². The first-order valence-electron chi connectivity index (χ1n) is 5.89. The quantitative estimate of drug-likeness (QED) is 0.795. The van der Waals surface area contributed by atoms with Crippen molar-refractivity contribution in [2.24, 2.45) is 5.14 Å². The smallest absolute Gasteiger partial charge is 0.337 e. The third-order valence-corrected chi connectivity index (χ3v) is 3.69. The molecule has 0 aliphatic carbocycles. The van der Waals surface area contributed by atoms with Crippen molar-refractivity contribution in [1.82, 2.24) is 15.2 Å². The zero-order chi connectivity index (χ0) is 15.8. The molecule has 0 aliphatic rings. The molecule has 8 nitrogen and oxygen atoms in total. The van der Waals surface area contributed by atoms with Gasteiger partial charge in [0.2, 0.25) is 0 Å². The van der Waals surface area contributed by atoms with Gasteiger partial charge >= 0.3 is 5.97 Å². The van der Waals surface area contributed by atoms with Crippen molar-refractivity contribution >= 4 is 16.0 Å². The molecule has 2 aromatic rings. The Morgan fingerprint density at radius 1 is 1.33 bits per heavy atom. The first kappa shape index (κ1) is 15.1. The van der Waals surface area contributed by atoms with Crippen LogP contribution in [0.5, 0.6) is 0 Å². The Bertz CT molecular complexity index is 811. The Kier molecular flexibility index (Phi) is 3.79. The number of esters is 1. The van der Waals surface area contributed by atoms with Crippen molar-refractivity contribution < 1.29 is 17.9 Å². The first-order chi connectivity index (χ1) is 9.74. The van der Waals surface area contributed by atoms with Crippen molar-refractivity contribution in [2.75, 3.05) is 7.11 Å². The van der Waals surface area contributed by atoms with Gasteiger partial charge in [0.1, 0.15) is 0 Å². The molecule has 0 aromatic carbocycles. The van der Waals surface area contributed by atoms with Gasteiger partial charge in [0.15, 0.2) is 5.03 Å². The van der Waals surface area contributed by atoms with E-state index in [2.05, 4.69) is 19.9 Å². The maximum absolute atomic E-state index is 11.6. The first-order valence-corrected chi connectivity index (χ1v) is 7.44. The van der Waals surface area contributed by atoms with Gasteiger partial charge in [-0.2, -0.15) is 5.10 Å². The van der Waals surface area contributed by atoms with Crippen molar-refractivity contribution in [2.45, 2.75) is 18.9 Å². The van der Waals surface area contributed by atoms with Crippen LogP contribution in [0.25, 0.3) is 11.3 Å². The number of hydrogen-bond donors (Lipinski definition) is 2. The molecule has 0 aliphatic heterocycles. The lowest BCUT2D eigenvalue weighted by Gasteiger charge is -2.06. The zero-order valence-electron chi connectivity index (χ0n) is 11.7. The number of carbonyl (C=O) groups is 1.